The maximum absolute atomic E-state index is 11.2. The van der Waals surface area contributed by atoms with Crippen LogP contribution in [0.5, 0.6) is 0 Å². The van der Waals surface area contributed by atoms with E-state index in [1.54, 1.807) is 26.8 Å². The topological polar surface area (TPSA) is 84.2 Å². The lowest BCUT2D eigenvalue weighted by molar-refractivity contribution is -0.151. The Morgan fingerprint density at radius 3 is 2.33 bits per heavy atom. The highest BCUT2D eigenvalue weighted by molar-refractivity contribution is 7.92. The summed E-state index contributed by atoms with van der Waals surface area (Å²) < 4.78 is 27.3. The average molecular weight is 233 g/mol. The average Bonchev–Trinajstić information content (AvgIpc) is 1.95. The Morgan fingerprint density at radius 2 is 1.93 bits per heavy atom. The van der Waals surface area contributed by atoms with Gasteiger partial charge in [-0.2, -0.15) is 5.26 Å². The summed E-state index contributed by atoms with van der Waals surface area (Å²) in [5.41, 5.74) is -0.693. The Kier molecular flexibility index (Phi) is 4.75. The smallest absolute Gasteiger partial charge is 0.321 e. The van der Waals surface area contributed by atoms with E-state index in [4.69, 9.17) is 10.00 Å². The van der Waals surface area contributed by atoms with Crippen LogP contribution in [0.3, 0.4) is 0 Å². The summed E-state index contributed by atoms with van der Waals surface area (Å²) in [6.45, 7) is 4.98. The zero-order chi connectivity index (χ0) is 12.1. The van der Waals surface area contributed by atoms with Gasteiger partial charge in [-0.15, -0.1) is 0 Å². The number of nitrogens with zero attached hydrogens (tertiary/aromatic N) is 1. The molecule has 0 N–H and O–H groups in total. The van der Waals surface area contributed by atoms with E-state index >= 15 is 0 Å². The lowest BCUT2D eigenvalue weighted by atomic mass is 10.2. The molecular formula is C9H15NO4S. The molecule has 0 amide bonds. The van der Waals surface area contributed by atoms with Gasteiger partial charge in [0.1, 0.15) is 11.4 Å². The van der Waals surface area contributed by atoms with Crippen LogP contribution in [-0.2, 0) is 19.4 Å². The largest absolute Gasteiger partial charge is 0.459 e. The predicted molar refractivity (Wildman–Crippen MR) is 54.7 cm³/mol. The number of nitriles is 1. The van der Waals surface area contributed by atoms with Crippen LogP contribution >= 0.6 is 0 Å². The van der Waals surface area contributed by atoms with Crippen molar-refractivity contribution in [2.75, 3.05) is 11.5 Å². The molecule has 0 atom stereocenters. The Labute approximate surface area is 90.0 Å². The molecule has 0 fully saturated rings. The van der Waals surface area contributed by atoms with Crippen LogP contribution in [0.4, 0.5) is 0 Å². The molecule has 0 spiro atoms. The molecule has 0 rings (SSSR count). The summed E-state index contributed by atoms with van der Waals surface area (Å²) in [5, 5.41) is 8.22. The van der Waals surface area contributed by atoms with Crippen molar-refractivity contribution in [2.24, 2.45) is 0 Å². The molecule has 0 saturated heterocycles. The van der Waals surface area contributed by atoms with Gasteiger partial charge < -0.3 is 4.74 Å². The third-order valence-corrected chi connectivity index (χ3v) is 2.78. The van der Waals surface area contributed by atoms with Gasteiger partial charge in [-0.25, -0.2) is 8.42 Å². The molecule has 0 heterocycles. The lowest BCUT2D eigenvalue weighted by Gasteiger charge is -2.19. The van der Waals surface area contributed by atoms with E-state index in [1.807, 2.05) is 0 Å². The highest BCUT2D eigenvalue weighted by atomic mass is 32.2. The van der Waals surface area contributed by atoms with E-state index in [-0.39, 0.29) is 12.2 Å². The van der Waals surface area contributed by atoms with Crippen molar-refractivity contribution in [1.29, 1.82) is 5.26 Å². The van der Waals surface area contributed by atoms with E-state index in [2.05, 4.69) is 0 Å². The molecule has 0 saturated carbocycles. The minimum atomic E-state index is -3.51. The van der Waals surface area contributed by atoms with Crippen LogP contribution in [0, 0.1) is 11.3 Å². The van der Waals surface area contributed by atoms with E-state index in [0.29, 0.717) is 0 Å². The van der Waals surface area contributed by atoms with Gasteiger partial charge in [0, 0.05) is 6.42 Å². The maximum Gasteiger partial charge on any atom is 0.321 e. The minimum Gasteiger partial charge on any atom is -0.459 e. The zero-order valence-electron chi connectivity index (χ0n) is 9.11. The SMILES string of the molecule is CC(C)(C)OC(=O)CS(=O)(=O)CCC#N. The number of hydrogen-bond donors (Lipinski definition) is 0. The monoisotopic (exact) mass is 233 g/mol. The standard InChI is InChI=1S/C9H15NO4S/c1-9(2,3)14-8(11)7-15(12,13)6-4-5-10/h4,6-7H2,1-3H3. The quantitative estimate of drug-likeness (QED) is 0.666. The van der Waals surface area contributed by atoms with Gasteiger partial charge in [-0.05, 0) is 20.8 Å². The summed E-state index contributed by atoms with van der Waals surface area (Å²) in [6.07, 6.45) is -0.106. The van der Waals surface area contributed by atoms with Crippen LogP contribution in [-0.4, -0.2) is 31.5 Å². The van der Waals surface area contributed by atoms with Gasteiger partial charge in [0.2, 0.25) is 0 Å². The first-order chi connectivity index (χ1) is 6.66. The first kappa shape index (κ1) is 13.9. The molecule has 0 aliphatic rings. The Hall–Kier alpha value is -1.09. The molecule has 0 aromatic carbocycles. The van der Waals surface area contributed by atoms with Gasteiger partial charge >= 0.3 is 5.97 Å². The number of sulfone groups is 1. The molecular weight excluding hydrogens is 218 g/mol. The van der Waals surface area contributed by atoms with Crippen molar-refractivity contribution >= 4 is 15.8 Å². The van der Waals surface area contributed by atoms with E-state index < -0.39 is 27.2 Å². The fourth-order valence-corrected chi connectivity index (χ4v) is 1.79. The van der Waals surface area contributed by atoms with Crippen molar-refractivity contribution in [3.8, 4) is 6.07 Å². The van der Waals surface area contributed by atoms with Crippen molar-refractivity contribution in [1.82, 2.24) is 0 Å². The molecule has 0 radical (unpaired) electrons. The normalized spacial score (nSPS) is 11.9. The number of ether oxygens (including phenoxy) is 1. The molecule has 86 valence electrons. The van der Waals surface area contributed by atoms with Gasteiger partial charge in [-0.3, -0.25) is 4.79 Å². The number of carbonyl (C=O) groups excluding carboxylic acids is 1. The third kappa shape index (κ3) is 7.94. The van der Waals surface area contributed by atoms with Crippen molar-refractivity contribution in [2.45, 2.75) is 32.8 Å². The summed E-state index contributed by atoms with van der Waals surface area (Å²) in [5.74, 6) is -1.74. The molecule has 0 aromatic heterocycles. The van der Waals surface area contributed by atoms with E-state index in [0.717, 1.165) is 0 Å². The van der Waals surface area contributed by atoms with Crippen LogP contribution in [0.25, 0.3) is 0 Å². The minimum absolute atomic E-state index is 0.106. The first-order valence-corrected chi connectivity index (χ1v) is 6.28. The van der Waals surface area contributed by atoms with E-state index in [9.17, 15) is 13.2 Å². The number of hydrogen-bond acceptors (Lipinski definition) is 5. The summed E-state index contributed by atoms with van der Waals surface area (Å²) in [6, 6.07) is 1.71. The molecule has 0 unspecified atom stereocenters. The number of carbonyl (C=O) groups is 1. The van der Waals surface area contributed by atoms with Gasteiger partial charge in [0.05, 0.1) is 11.8 Å². The fourth-order valence-electron chi connectivity index (χ4n) is 0.824. The third-order valence-electron chi connectivity index (χ3n) is 1.28. The fraction of sp³-hybridized carbons (Fsp3) is 0.778. The zero-order valence-corrected chi connectivity index (χ0v) is 9.93. The molecule has 5 nitrogen and oxygen atoms in total. The summed E-state index contributed by atoms with van der Waals surface area (Å²) >= 11 is 0. The van der Waals surface area contributed by atoms with Crippen LogP contribution in [0.1, 0.15) is 27.2 Å². The second-order valence-electron chi connectivity index (χ2n) is 4.09. The van der Waals surface area contributed by atoms with Crippen molar-refractivity contribution in [3.05, 3.63) is 0 Å². The predicted octanol–water partition coefficient (Wildman–Crippen LogP) is 0.657. The molecule has 6 heteroatoms. The Balaban J connectivity index is 4.25. The van der Waals surface area contributed by atoms with Gasteiger partial charge in [0.25, 0.3) is 0 Å². The molecule has 0 aliphatic heterocycles. The Morgan fingerprint density at radius 1 is 1.40 bits per heavy atom. The van der Waals surface area contributed by atoms with Crippen LogP contribution in [0.15, 0.2) is 0 Å². The number of rotatable bonds is 4. The second kappa shape index (κ2) is 5.12. The second-order valence-corrected chi connectivity index (χ2v) is 6.27. The molecule has 0 aromatic rings. The van der Waals surface area contributed by atoms with E-state index in [1.165, 1.54) is 0 Å². The lowest BCUT2D eigenvalue weighted by Crippen LogP contribution is -2.29. The highest BCUT2D eigenvalue weighted by Crippen LogP contribution is 2.08. The molecule has 0 bridgehead atoms. The summed E-state index contributed by atoms with van der Waals surface area (Å²) in [4.78, 5) is 11.2. The Bertz CT molecular complexity index is 359. The molecule has 0 aliphatic carbocycles. The molecule has 15 heavy (non-hydrogen) atoms. The van der Waals surface area contributed by atoms with Crippen LogP contribution in [0.2, 0.25) is 0 Å². The van der Waals surface area contributed by atoms with Gasteiger partial charge in [-0.1, -0.05) is 0 Å². The van der Waals surface area contributed by atoms with Crippen LogP contribution < -0.4 is 0 Å². The summed E-state index contributed by atoms with van der Waals surface area (Å²) in [7, 11) is -3.51. The highest BCUT2D eigenvalue weighted by Gasteiger charge is 2.22. The van der Waals surface area contributed by atoms with Gasteiger partial charge in [0.15, 0.2) is 9.84 Å². The first-order valence-electron chi connectivity index (χ1n) is 4.45. The van der Waals surface area contributed by atoms with Crippen molar-refractivity contribution < 1.29 is 17.9 Å². The van der Waals surface area contributed by atoms with Crippen molar-refractivity contribution in [3.63, 3.8) is 0 Å². The maximum atomic E-state index is 11.2. The number of esters is 1.